The summed E-state index contributed by atoms with van der Waals surface area (Å²) < 4.78 is 0. The minimum Gasteiger partial charge on any atom is -0.507 e. The zero-order chi connectivity index (χ0) is 18.6. The van der Waals surface area contributed by atoms with Crippen molar-refractivity contribution in [2.24, 2.45) is 0 Å². The predicted octanol–water partition coefficient (Wildman–Crippen LogP) is 6.30. The fraction of sp³-hybridized carbons (Fsp3) is 0.167. The standard InChI is InChI=1S/C24H22O2/c1-13-7-5-9-17-21(13)15(3)11-19(25)23(17)24-18-10-6-8-14(2)22(18)16(4)12-20(24)26/h5-12,25-26H,1-4H3. The van der Waals surface area contributed by atoms with Crippen LogP contribution >= 0.6 is 0 Å². The van der Waals surface area contributed by atoms with Crippen LogP contribution < -0.4 is 0 Å². The van der Waals surface area contributed by atoms with Gasteiger partial charge in [-0.2, -0.15) is 0 Å². The first-order valence-corrected chi connectivity index (χ1v) is 8.84. The van der Waals surface area contributed by atoms with E-state index in [9.17, 15) is 10.2 Å². The highest BCUT2D eigenvalue weighted by Gasteiger charge is 2.20. The van der Waals surface area contributed by atoms with E-state index in [1.807, 2.05) is 38.1 Å². The number of benzene rings is 4. The Morgan fingerprint density at radius 1 is 0.538 bits per heavy atom. The van der Waals surface area contributed by atoms with Crippen molar-refractivity contribution < 1.29 is 10.2 Å². The summed E-state index contributed by atoms with van der Waals surface area (Å²) in [5.74, 6) is 0.394. The van der Waals surface area contributed by atoms with Crippen LogP contribution in [0, 0.1) is 27.7 Å². The van der Waals surface area contributed by atoms with E-state index in [4.69, 9.17) is 0 Å². The van der Waals surface area contributed by atoms with Gasteiger partial charge in [-0.1, -0.05) is 36.4 Å². The molecule has 0 bridgehead atoms. The molecule has 26 heavy (non-hydrogen) atoms. The minimum absolute atomic E-state index is 0.197. The van der Waals surface area contributed by atoms with E-state index >= 15 is 0 Å². The molecule has 0 saturated carbocycles. The lowest BCUT2D eigenvalue weighted by Gasteiger charge is -2.18. The number of phenols is 2. The molecule has 0 spiro atoms. The van der Waals surface area contributed by atoms with E-state index in [-0.39, 0.29) is 11.5 Å². The van der Waals surface area contributed by atoms with Gasteiger partial charge in [0.25, 0.3) is 0 Å². The maximum atomic E-state index is 10.8. The van der Waals surface area contributed by atoms with Crippen molar-refractivity contribution in [1.82, 2.24) is 0 Å². The number of hydrogen-bond donors (Lipinski definition) is 2. The van der Waals surface area contributed by atoms with Gasteiger partial charge in [-0.05, 0) is 83.6 Å². The third kappa shape index (κ3) is 2.26. The summed E-state index contributed by atoms with van der Waals surface area (Å²) in [4.78, 5) is 0. The van der Waals surface area contributed by atoms with Crippen LogP contribution in [0.15, 0.2) is 48.5 Å². The highest BCUT2D eigenvalue weighted by molar-refractivity contribution is 6.12. The molecule has 4 rings (SSSR count). The molecule has 2 heteroatoms. The molecule has 130 valence electrons. The maximum absolute atomic E-state index is 10.8. The van der Waals surface area contributed by atoms with E-state index in [1.165, 1.54) is 0 Å². The second kappa shape index (κ2) is 5.77. The predicted molar refractivity (Wildman–Crippen MR) is 109 cm³/mol. The third-order valence-electron chi connectivity index (χ3n) is 5.34. The van der Waals surface area contributed by atoms with Gasteiger partial charge >= 0.3 is 0 Å². The van der Waals surface area contributed by atoms with Gasteiger partial charge in [0.15, 0.2) is 0 Å². The third-order valence-corrected chi connectivity index (χ3v) is 5.34. The summed E-state index contributed by atoms with van der Waals surface area (Å²) in [6.07, 6.45) is 0. The fourth-order valence-corrected chi connectivity index (χ4v) is 4.30. The quantitative estimate of drug-likeness (QED) is 0.426. The zero-order valence-corrected chi connectivity index (χ0v) is 15.5. The molecule has 2 nitrogen and oxygen atoms in total. The van der Waals surface area contributed by atoms with Crippen molar-refractivity contribution in [2.45, 2.75) is 27.7 Å². The smallest absolute Gasteiger partial charge is 0.124 e. The normalized spacial score (nSPS) is 11.4. The molecule has 0 saturated heterocycles. The van der Waals surface area contributed by atoms with E-state index in [0.29, 0.717) is 11.1 Å². The van der Waals surface area contributed by atoms with Gasteiger partial charge in [0.2, 0.25) is 0 Å². The Morgan fingerprint density at radius 2 is 0.923 bits per heavy atom. The summed E-state index contributed by atoms with van der Waals surface area (Å²) >= 11 is 0. The summed E-state index contributed by atoms with van der Waals surface area (Å²) in [7, 11) is 0. The lowest BCUT2D eigenvalue weighted by molar-refractivity contribution is 0.470. The average molecular weight is 342 g/mol. The molecule has 0 radical (unpaired) electrons. The van der Waals surface area contributed by atoms with Gasteiger partial charge in [-0.25, -0.2) is 0 Å². The molecule has 0 aliphatic carbocycles. The first-order chi connectivity index (χ1) is 12.4. The summed E-state index contributed by atoms with van der Waals surface area (Å²) in [6, 6.07) is 15.8. The van der Waals surface area contributed by atoms with Crippen molar-refractivity contribution >= 4 is 21.5 Å². The molecular formula is C24H22O2. The van der Waals surface area contributed by atoms with E-state index < -0.39 is 0 Å². The van der Waals surface area contributed by atoms with Gasteiger partial charge in [-0.3, -0.25) is 0 Å². The van der Waals surface area contributed by atoms with Crippen LogP contribution in [-0.2, 0) is 0 Å². The van der Waals surface area contributed by atoms with Crippen LogP contribution in [0.3, 0.4) is 0 Å². The van der Waals surface area contributed by atoms with Gasteiger partial charge in [0, 0.05) is 11.1 Å². The Kier molecular flexibility index (Phi) is 3.66. The van der Waals surface area contributed by atoms with Crippen molar-refractivity contribution in [3.8, 4) is 22.6 Å². The molecule has 0 heterocycles. The van der Waals surface area contributed by atoms with Crippen molar-refractivity contribution in [3.63, 3.8) is 0 Å². The van der Waals surface area contributed by atoms with Gasteiger partial charge in [0.05, 0.1) is 0 Å². The summed E-state index contributed by atoms with van der Waals surface area (Å²) in [5, 5.41) is 25.9. The summed E-state index contributed by atoms with van der Waals surface area (Å²) in [6.45, 7) is 8.17. The first kappa shape index (κ1) is 16.5. The Hall–Kier alpha value is -3.00. The topological polar surface area (TPSA) is 40.5 Å². The van der Waals surface area contributed by atoms with Crippen molar-refractivity contribution in [2.75, 3.05) is 0 Å². The van der Waals surface area contributed by atoms with Crippen LogP contribution in [0.4, 0.5) is 0 Å². The molecule has 0 atom stereocenters. The molecule has 0 aliphatic heterocycles. The SMILES string of the molecule is Cc1cccc2c(-c3c(O)cc(C)c4c(C)cccc34)c(O)cc(C)c12. The minimum atomic E-state index is 0.197. The molecule has 4 aromatic rings. The highest BCUT2D eigenvalue weighted by Crippen LogP contribution is 2.47. The van der Waals surface area contributed by atoms with Gasteiger partial charge in [0.1, 0.15) is 11.5 Å². The molecular weight excluding hydrogens is 320 g/mol. The van der Waals surface area contributed by atoms with Crippen molar-refractivity contribution in [3.05, 3.63) is 70.8 Å². The Morgan fingerprint density at radius 3 is 1.31 bits per heavy atom. The molecule has 2 N–H and O–H groups in total. The van der Waals surface area contributed by atoms with Crippen LogP contribution in [-0.4, -0.2) is 10.2 Å². The van der Waals surface area contributed by atoms with E-state index in [2.05, 4.69) is 26.0 Å². The number of hydrogen-bond acceptors (Lipinski definition) is 2. The fourth-order valence-electron chi connectivity index (χ4n) is 4.30. The second-order valence-electron chi connectivity index (χ2n) is 7.17. The lowest BCUT2D eigenvalue weighted by atomic mass is 9.87. The maximum Gasteiger partial charge on any atom is 0.124 e. The molecule has 0 aliphatic rings. The van der Waals surface area contributed by atoms with Crippen LogP contribution in [0.1, 0.15) is 22.3 Å². The first-order valence-electron chi connectivity index (χ1n) is 8.84. The van der Waals surface area contributed by atoms with E-state index in [1.54, 1.807) is 12.1 Å². The number of fused-ring (bicyclic) bond motifs is 2. The van der Waals surface area contributed by atoms with Crippen LogP contribution in [0.25, 0.3) is 32.7 Å². The Bertz CT molecular complexity index is 1090. The molecule has 4 aromatic carbocycles. The largest absolute Gasteiger partial charge is 0.507 e. The van der Waals surface area contributed by atoms with Crippen LogP contribution in [0.5, 0.6) is 11.5 Å². The highest BCUT2D eigenvalue weighted by atomic mass is 16.3. The number of aromatic hydroxyl groups is 2. The molecule has 0 fully saturated rings. The van der Waals surface area contributed by atoms with Gasteiger partial charge < -0.3 is 10.2 Å². The number of phenolic OH excluding ortho intramolecular Hbond substituents is 2. The molecule has 0 unspecified atom stereocenters. The second-order valence-corrected chi connectivity index (χ2v) is 7.17. The molecule has 0 amide bonds. The van der Waals surface area contributed by atoms with Gasteiger partial charge in [-0.15, -0.1) is 0 Å². The number of rotatable bonds is 1. The van der Waals surface area contributed by atoms with E-state index in [0.717, 1.165) is 43.8 Å². The lowest BCUT2D eigenvalue weighted by Crippen LogP contribution is -1.92. The monoisotopic (exact) mass is 342 g/mol. The Labute approximate surface area is 153 Å². The number of aryl methyl sites for hydroxylation is 4. The Balaban J connectivity index is 2.26. The average Bonchev–Trinajstić information content (AvgIpc) is 2.56. The van der Waals surface area contributed by atoms with Crippen molar-refractivity contribution in [1.29, 1.82) is 0 Å². The zero-order valence-electron chi connectivity index (χ0n) is 15.5. The molecule has 0 aromatic heterocycles. The summed E-state index contributed by atoms with van der Waals surface area (Å²) in [5.41, 5.74) is 5.78. The van der Waals surface area contributed by atoms with Crippen LogP contribution in [0.2, 0.25) is 0 Å².